The number of nitrogens with zero attached hydrogens (tertiary/aromatic N) is 2. The van der Waals surface area contributed by atoms with Gasteiger partial charge in [0.2, 0.25) is 0 Å². The van der Waals surface area contributed by atoms with Crippen LogP contribution in [0.2, 0.25) is 5.02 Å². The van der Waals surface area contributed by atoms with Gasteiger partial charge in [-0.2, -0.15) is 5.10 Å². The van der Waals surface area contributed by atoms with Crippen molar-refractivity contribution in [3.63, 3.8) is 0 Å². The molecule has 0 aliphatic rings. The Labute approximate surface area is 115 Å². The highest BCUT2D eigenvalue weighted by molar-refractivity contribution is 9.08. The summed E-state index contributed by atoms with van der Waals surface area (Å²) in [4.78, 5) is 0. The van der Waals surface area contributed by atoms with Crippen LogP contribution in [0.1, 0.15) is 31.0 Å². The molecule has 1 aromatic carbocycles. The number of aromatic nitrogens is 2. The Morgan fingerprint density at radius 1 is 1.41 bits per heavy atom. The molecule has 90 valence electrons. The van der Waals surface area contributed by atoms with Gasteiger partial charge in [-0.1, -0.05) is 47.4 Å². The van der Waals surface area contributed by atoms with Crippen LogP contribution < -0.4 is 0 Å². The third-order valence-electron chi connectivity index (χ3n) is 2.63. The molecule has 4 heteroatoms. The van der Waals surface area contributed by atoms with E-state index in [1.165, 1.54) is 11.3 Å². The zero-order valence-electron chi connectivity index (χ0n) is 9.82. The fraction of sp³-hybridized carbons (Fsp3) is 0.308. The van der Waals surface area contributed by atoms with E-state index in [0.717, 1.165) is 16.0 Å². The van der Waals surface area contributed by atoms with E-state index in [0.29, 0.717) is 5.92 Å². The van der Waals surface area contributed by atoms with E-state index < -0.39 is 0 Å². The van der Waals surface area contributed by atoms with Crippen LogP contribution in [0.4, 0.5) is 0 Å². The molecule has 0 spiro atoms. The molecule has 0 aliphatic heterocycles. The van der Waals surface area contributed by atoms with Crippen molar-refractivity contribution in [3.8, 4) is 5.69 Å². The van der Waals surface area contributed by atoms with Gasteiger partial charge in [0.25, 0.3) is 0 Å². The molecule has 2 aromatic rings. The highest BCUT2D eigenvalue weighted by Crippen LogP contribution is 2.25. The molecule has 0 radical (unpaired) electrons. The normalized spacial score (nSPS) is 11.1. The first kappa shape index (κ1) is 12.7. The minimum Gasteiger partial charge on any atom is -0.237 e. The maximum atomic E-state index is 6.02. The summed E-state index contributed by atoms with van der Waals surface area (Å²) in [6.45, 7) is 4.34. The molecule has 17 heavy (non-hydrogen) atoms. The monoisotopic (exact) mass is 312 g/mol. The van der Waals surface area contributed by atoms with Crippen LogP contribution in [-0.2, 0) is 5.33 Å². The van der Waals surface area contributed by atoms with Gasteiger partial charge in [0, 0.05) is 15.9 Å². The SMILES string of the molecule is CC(C)c1c(CBr)cnn1-c1cccc(Cl)c1. The highest BCUT2D eigenvalue weighted by Gasteiger charge is 2.14. The van der Waals surface area contributed by atoms with Crippen molar-refractivity contribution in [3.05, 3.63) is 46.7 Å². The van der Waals surface area contributed by atoms with Crippen LogP contribution in [-0.4, -0.2) is 9.78 Å². The minimum atomic E-state index is 0.420. The van der Waals surface area contributed by atoms with E-state index in [4.69, 9.17) is 11.6 Å². The molecule has 0 unspecified atom stereocenters. The first-order valence-corrected chi connectivity index (χ1v) is 7.02. The Kier molecular flexibility index (Phi) is 3.89. The first-order chi connectivity index (χ1) is 8.13. The molecule has 0 N–H and O–H groups in total. The molecule has 0 fully saturated rings. The first-order valence-electron chi connectivity index (χ1n) is 5.52. The van der Waals surface area contributed by atoms with Gasteiger partial charge in [0.15, 0.2) is 0 Å². The van der Waals surface area contributed by atoms with E-state index >= 15 is 0 Å². The predicted octanol–water partition coefficient (Wildman–Crippen LogP) is 4.54. The molecule has 0 saturated heterocycles. The quantitative estimate of drug-likeness (QED) is 0.760. The van der Waals surface area contributed by atoms with Gasteiger partial charge in [0.05, 0.1) is 17.6 Å². The molecule has 0 aliphatic carbocycles. The third-order valence-corrected chi connectivity index (χ3v) is 3.47. The lowest BCUT2D eigenvalue weighted by molar-refractivity contribution is 0.730. The Morgan fingerprint density at radius 2 is 2.18 bits per heavy atom. The largest absolute Gasteiger partial charge is 0.237 e. The number of hydrogen-bond acceptors (Lipinski definition) is 1. The Bertz CT molecular complexity index is 520. The van der Waals surface area contributed by atoms with Crippen LogP contribution in [0.3, 0.4) is 0 Å². The summed E-state index contributed by atoms with van der Waals surface area (Å²) < 4.78 is 1.97. The zero-order valence-corrected chi connectivity index (χ0v) is 12.2. The molecule has 2 rings (SSSR count). The summed E-state index contributed by atoms with van der Waals surface area (Å²) in [5, 5.41) is 6.00. The van der Waals surface area contributed by atoms with E-state index in [1.807, 2.05) is 35.1 Å². The molecule has 1 heterocycles. The van der Waals surface area contributed by atoms with E-state index in [9.17, 15) is 0 Å². The van der Waals surface area contributed by atoms with Crippen LogP contribution in [0.5, 0.6) is 0 Å². The van der Waals surface area contributed by atoms with Gasteiger partial charge in [0.1, 0.15) is 0 Å². The van der Waals surface area contributed by atoms with Crippen molar-refractivity contribution in [1.82, 2.24) is 9.78 Å². The maximum absolute atomic E-state index is 6.02. The second-order valence-corrected chi connectivity index (χ2v) is 5.23. The lowest BCUT2D eigenvalue weighted by Crippen LogP contribution is -2.05. The standard InChI is InChI=1S/C13H14BrClN2/c1-9(2)13-10(7-14)8-16-17(13)12-5-3-4-11(15)6-12/h3-6,8-9H,7H2,1-2H3. The van der Waals surface area contributed by atoms with Gasteiger partial charge >= 0.3 is 0 Å². The third kappa shape index (κ3) is 2.55. The topological polar surface area (TPSA) is 17.8 Å². The van der Waals surface area contributed by atoms with Gasteiger partial charge in [-0.3, -0.25) is 0 Å². The van der Waals surface area contributed by atoms with Gasteiger partial charge in [-0.05, 0) is 24.1 Å². The summed E-state index contributed by atoms with van der Waals surface area (Å²) in [6, 6.07) is 7.76. The average molecular weight is 314 g/mol. The number of benzene rings is 1. The number of alkyl halides is 1. The highest BCUT2D eigenvalue weighted by atomic mass is 79.9. The molecule has 0 bridgehead atoms. The lowest BCUT2D eigenvalue weighted by atomic mass is 10.1. The summed E-state index contributed by atoms with van der Waals surface area (Å²) in [7, 11) is 0. The summed E-state index contributed by atoms with van der Waals surface area (Å²) in [5.41, 5.74) is 3.46. The predicted molar refractivity (Wildman–Crippen MR) is 75.3 cm³/mol. The molecule has 0 atom stereocenters. The van der Waals surface area contributed by atoms with E-state index in [1.54, 1.807) is 0 Å². The number of rotatable bonds is 3. The van der Waals surface area contributed by atoms with E-state index in [2.05, 4.69) is 34.9 Å². The molecular formula is C13H14BrClN2. The Morgan fingerprint density at radius 3 is 2.76 bits per heavy atom. The van der Waals surface area contributed by atoms with Crippen molar-refractivity contribution < 1.29 is 0 Å². The fourth-order valence-corrected chi connectivity index (χ4v) is 2.54. The maximum Gasteiger partial charge on any atom is 0.0663 e. The van der Waals surface area contributed by atoms with Gasteiger partial charge in [-0.25, -0.2) is 4.68 Å². The smallest absolute Gasteiger partial charge is 0.0663 e. The van der Waals surface area contributed by atoms with Gasteiger partial charge < -0.3 is 0 Å². The minimum absolute atomic E-state index is 0.420. The number of hydrogen-bond donors (Lipinski definition) is 0. The Hall–Kier alpha value is -0.800. The van der Waals surface area contributed by atoms with Crippen molar-refractivity contribution in [1.29, 1.82) is 0 Å². The lowest BCUT2D eigenvalue weighted by Gasteiger charge is -2.12. The van der Waals surface area contributed by atoms with Crippen molar-refractivity contribution in [2.45, 2.75) is 25.1 Å². The number of halogens is 2. The second kappa shape index (κ2) is 5.23. The van der Waals surface area contributed by atoms with Crippen molar-refractivity contribution in [2.75, 3.05) is 0 Å². The second-order valence-electron chi connectivity index (χ2n) is 4.24. The van der Waals surface area contributed by atoms with Crippen molar-refractivity contribution in [2.24, 2.45) is 0 Å². The van der Waals surface area contributed by atoms with Crippen LogP contribution >= 0.6 is 27.5 Å². The van der Waals surface area contributed by atoms with Gasteiger partial charge in [-0.15, -0.1) is 0 Å². The molecule has 1 aromatic heterocycles. The van der Waals surface area contributed by atoms with Crippen LogP contribution in [0, 0.1) is 0 Å². The molecule has 2 nitrogen and oxygen atoms in total. The molecule has 0 saturated carbocycles. The van der Waals surface area contributed by atoms with Crippen LogP contribution in [0.25, 0.3) is 5.69 Å². The average Bonchev–Trinajstić information content (AvgIpc) is 2.72. The summed E-state index contributed by atoms with van der Waals surface area (Å²) in [5.74, 6) is 0.420. The Balaban J connectivity index is 2.56. The van der Waals surface area contributed by atoms with Crippen molar-refractivity contribution >= 4 is 27.5 Å². The molecule has 0 amide bonds. The summed E-state index contributed by atoms with van der Waals surface area (Å²) in [6.07, 6.45) is 1.91. The molecular weight excluding hydrogens is 300 g/mol. The zero-order chi connectivity index (χ0) is 12.4. The van der Waals surface area contributed by atoms with E-state index in [-0.39, 0.29) is 0 Å². The van der Waals surface area contributed by atoms with Crippen LogP contribution in [0.15, 0.2) is 30.5 Å². The summed E-state index contributed by atoms with van der Waals surface area (Å²) >= 11 is 9.51. The fourth-order valence-electron chi connectivity index (χ4n) is 1.92.